The number of rotatable bonds is 4. The van der Waals surface area contributed by atoms with Crippen molar-refractivity contribution < 1.29 is 9.53 Å². The van der Waals surface area contributed by atoms with E-state index in [1.54, 1.807) is 12.3 Å². The number of nitrogens with zero attached hydrogens (tertiary/aromatic N) is 1. The van der Waals surface area contributed by atoms with Gasteiger partial charge in [0, 0.05) is 37.0 Å². The van der Waals surface area contributed by atoms with E-state index in [2.05, 4.69) is 15.6 Å². The first-order chi connectivity index (χ1) is 10.2. The fraction of sp³-hybridized carbons (Fsp3) is 0.600. The lowest BCUT2D eigenvalue weighted by atomic mass is 9.68. The summed E-state index contributed by atoms with van der Waals surface area (Å²) in [5.41, 5.74) is 7.51. The molecule has 2 aliphatic rings. The Hall–Kier alpha value is -1.66. The van der Waals surface area contributed by atoms with Gasteiger partial charge in [-0.3, -0.25) is 9.78 Å². The van der Waals surface area contributed by atoms with E-state index >= 15 is 0 Å². The highest BCUT2D eigenvalue weighted by Crippen LogP contribution is 2.38. The number of hydrogen-bond donors (Lipinski definition) is 3. The monoisotopic (exact) mass is 290 g/mol. The first-order valence-electron chi connectivity index (χ1n) is 7.58. The van der Waals surface area contributed by atoms with Gasteiger partial charge in [-0.1, -0.05) is 0 Å². The summed E-state index contributed by atoms with van der Waals surface area (Å²) >= 11 is 0. The maximum absolute atomic E-state index is 11.8. The highest BCUT2D eigenvalue weighted by molar-refractivity contribution is 5.93. The zero-order chi connectivity index (χ0) is 14.8. The molecule has 2 heterocycles. The Bertz CT molecular complexity index is 522. The Balaban J connectivity index is 1.68. The van der Waals surface area contributed by atoms with Crippen molar-refractivity contribution in [2.75, 3.05) is 18.5 Å². The van der Waals surface area contributed by atoms with Gasteiger partial charge in [0.2, 0.25) is 0 Å². The summed E-state index contributed by atoms with van der Waals surface area (Å²) in [6.45, 7) is 3.28. The third kappa shape index (κ3) is 2.73. The van der Waals surface area contributed by atoms with Crippen LogP contribution < -0.4 is 16.4 Å². The molecule has 21 heavy (non-hydrogen) atoms. The Morgan fingerprint density at radius 2 is 2.43 bits per heavy atom. The van der Waals surface area contributed by atoms with Crippen LogP contribution in [0.2, 0.25) is 0 Å². The van der Waals surface area contributed by atoms with Crippen LogP contribution in [0.4, 0.5) is 5.69 Å². The summed E-state index contributed by atoms with van der Waals surface area (Å²) in [5, 5.41) is 6.14. The van der Waals surface area contributed by atoms with E-state index in [9.17, 15) is 4.79 Å². The number of hydrogen-bond acceptors (Lipinski definition) is 5. The molecule has 1 saturated carbocycles. The van der Waals surface area contributed by atoms with Gasteiger partial charge in [0.25, 0.3) is 5.91 Å². The lowest BCUT2D eigenvalue weighted by Gasteiger charge is -2.52. The number of carbonyl (C=O) groups excluding carboxylic acids is 1. The van der Waals surface area contributed by atoms with E-state index in [0.29, 0.717) is 18.2 Å². The standard InChI is InChI=1S/C15H22N4O2/c1-2-17-15(20)11-8-9(5-6-18-11)19-13-12(16)10-4-3-7-21-14(10)13/h5-6,8,10,12-14H,2-4,7,16H2,1H3,(H,17,20)(H,18,19). The van der Waals surface area contributed by atoms with Crippen molar-refractivity contribution in [3.05, 3.63) is 24.0 Å². The number of carbonyl (C=O) groups is 1. The van der Waals surface area contributed by atoms with Crippen molar-refractivity contribution in [2.45, 2.75) is 38.0 Å². The van der Waals surface area contributed by atoms with Crippen molar-refractivity contribution in [1.29, 1.82) is 0 Å². The molecular weight excluding hydrogens is 268 g/mol. The molecule has 0 spiro atoms. The Labute approximate surface area is 124 Å². The maximum Gasteiger partial charge on any atom is 0.269 e. The van der Waals surface area contributed by atoms with Crippen LogP contribution >= 0.6 is 0 Å². The fourth-order valence-corrected chi connectivity index (χ4v) is 3.21. The van der Waals surface area contributed by atoms with Crippen LogP contribution in [-0.4, -0.2) is 42.2 Å². The van der Waals surface area contributed by atoms with Crippen LogP contribution in [0.5, 0.6) is 0 Å². The molecule has 3 rings (SSSR count). The average molecular weight is 290 g/mol. The quantitative estimate of drug-likeness (QED) is 0.761. The van der Waals surface area contributed by atoms with Gasteiger partial charge in [-0.25, -0.2) is 0 Å². The summed E-state index contributed by atoms with van der Waals surface area (Å²) < 4.78 is 5.81. The number of nitrogens with one attached hydrogen (secondary N) is 2. The second kappa shape index (κ2) is 5.99. The van der Waals surface area contributed by atoms with Gasteiger partial charge in [-0.2, -0.15) is 0 Å². The highest BCUT2D eigenvalue weighted by atomic mass is 16.5. The van der Waals surface area contributed by atoms with E-state index < -0.39 is 0 Å². The molecule has 0 bridgehead atoms. The molecule has 4 atom stereocenters. The van der Waals surface area contributed by atoms with Crippen LogP contribution in [0.1, 0.15) is 30.3 Å². The van der Waals surface area contributed by atoms with Crippen molar-refractivity contribution >= 4 is 11.6 Å². The first-order valence-corrected chi connectivity index (χ1v) is 7.58. The summed E-state index contributed by atoms with van der Waals surface area (Å²) in [5.74, 6) is 0.298. The second-order valence-electron chi connectivity index (χ2n) is 5.68. The van der Waals surface area contributed by atoms with Crippen LogP contribution in [0.15, 0.2) is 18.3 Å². The van der Waals surface area contributed by atoms with E-state index in [0.717, 1.165) is 25.1 Å². The predicted octanol–water partition coefficient (Wildman–Crippen LogP) is 0.748. The zero-order valence-electron chi connectivity index (χ0n) is 12.2. The van der Waals surface area contributed by atoms with E-state index in [1.807, 2.05) is 13.0 Å². The van der Waals surface area contributed by atoms with Crippen LogP contribution in [0.3, 0.4) is 0 Å². The Morgan fingerprint density at radius 3 is 3.24 bits per heavy atom. The molecule has 1 amide bonds. The molecule has 6 nitrogen and oxygen atoms in total. The molecule has 0 radical (unpaired) electrons. The predicted molar refractivity (Wildman–Crippen MR) is 80.1 cm³/mol. The lowest BCUT2D eigenvalue weighted by Crippen LogP contribution is -2.69. The summed E-state index contributed by atoms with van der Waals surface area (Å²) in [7, 11) is 0. The van der Waals surface area contributed by atoms with Crippen LogP contribution in [0, 0.1) is 5.92 Å². The molecule has 1 aromatic heterocycles. The SMILES string of the molecule is CCNC(=O)c1cc(NC2C(N)C3CCCOC32)ccn1. The molecule has 2 fully saturated rings. The molecule has 1 saturated heterocycles. The summed E-state index contributed by atoms with van der Waals surface area (Å²) in [6.07, 6.45) is 4.06. The molecule has 114 valence electrons. The van der Waals surface area contributed by atoms with E-state index in [-0.39, 0.29) is 24.1 Å². The molecule has 1 aliphatic heterocycles. The van der Waals surface area contributed by atoms with E-state index in [1.165, 1.54) is 0 Å². The summed E-state index contributed by atoms with van der Waals surface area (Å²) in [6, 6.07) is 3.83. The number of fused-ring (bicyclic) bond motifs is 1. The van der Waals surface area contributed by atoms with Gasteiger partial charge in [0.05, 0.1) is 12.1 Å². The number of anilines is 1. The van der Waals surface area contributed by atoms with Gasteiger partial charge in [-0.15, -0.1) is 0 Å². The third-order valence-corrected chi connectivity index (χ3v) is 4.34. The highest BCUT2D eigenvalue weighted by Gasteiger charge is 2.50. The average Bonchev–Trinajstić information content (AvgIpc) is 2.53. The van der Waals surface area contributed by atoms with Gasteiger partial charge in [-0.05, 0) is 31.9 Å². The minimum Gasteiger partial charge on any atom is -0.378 e. The Kier molecular flexibility index (Phi) is 4.07. The Morgan fingerprint density at radius 1 is 1.57 bits per heavy atom. The van der Waals surface area contributed by atoms with Gasteiger partial charge < -0.3 is 21.1 Å². The van der Waals surface area contributed by atoms with Crippen LogP contribution in [-0.2, 0) is 4.74 Å². The molecule has 1 aliphatic carbocycles. The number of pyridine rings is 1. The first kappa shape index (κ1) is 14.3. The summed E-state index contributed by atoms with van der Waals surface area (Å²) in [4.78, 5) is 15.9. The fourth-order valence-electron chi connectivity index (χ4n) is 3.21. The van der Waals surface area contributed by atoms with Crippen LogP contribution in [0.25, 0.3) is 0 Å². The van der Waals surface area contributed by atoms with Gasteiger partial charge >= 0.3 is 0 Å². The maximum atomic E-state index is 11.8. The lowest BCUT2D eigenvalue weighted by molar-refractivity contribution is -0.104. The molecule has 1 aromatic rings. The van der Waals surface area contributed by atoms with Gasteiger partial charge in [0.15, 0.2) is 0 Å². The molecular formula is C15H22N4O2. The number of amides is 1. The molecule has 4 N–H and O–H groups in total. The van der Waals surface area contributed by atoms with Crippen molar-refractivity contribution in [3.63, 3.8) is 0 Å². The zero-order valence-corrected chi connectivity index (χ0v) is 12.2. The minimum atomic E-state index is -0.161. The number of nitrogens with two attached hydrogens (primary N) is 1. The van der Waals surface area contributed by atoms with Gasteiger partial charge in [0.1, 0.15) is 5.69 Å². The normalized spacial score (nSPS) is 31.0. The molecule has 6 heteroatoms. The molecule has 4 unspecified atom stereocenters. The smallest absolute Gasteiger partial charge is 0.269 e. The van der Waals surface area contributed by atoms with Crippen molar-refractivity contribution in [3.8, 4) is 0 Å². The minimum absolute atomic E-state index is 0.108. The number of aromatic nitrogens is 1. The second-order valence-corrected chi connectivity index (χ2v) is 5.68. The third-order valence-electron chi connectivity index (χ3n) is 4.34. The largest absolute Gasteiger partial charge is 0.378 e. The number of ether oxygens (including phenoxy) is 1. The van der Waals surface area contributed by atoms with E-state index in [4.69, 9.17) is 10.5 Å². The molecule has 0 aromatic carbocycles. The topological polar surface area (TPSA) is 89.3 Å². The van der Waals surface area contributed by atoms with Crippen molar-refractivity contribution in [1.82, 2.24) is 10.3 Å². The van der Waals surface area contributed by atoms with Crippen molar-refractivity contribution in [2.24, 2.45) is 11.7 Å².